The molecule has 3 atom stereocenters. The van der Waals surface area contributed by atoms with Gasteiger partial charge in [0.25, 0.3) is 5.91 Å². The largest absolute Gasteiger partial charge is 0.390 e. The van der Waals surface area contributed by atoms with E-state index >= 15 is 4.39 Å². The highest BCUT2D eigenvalue weighted by Crippen LogP contribution is 2.55. The number of carbonyl (C=O) groups excluding carboxylic acids is 1. The number of aryl methyl sites for hydroxylation is 1. The summed E-state index contributed by atoms with van der Waals surface area (Å²) in [5.74, 6) is 0.546. The molecule has 3 N–H and O–H groups in total. The van der Waals surface area contributed by atoms with Crippen molar-refractivity contribution in [3.63, 3.8) is 0 Å². The van der Waals surface area contributed by atoms with E-state index in [0.717, 1.165) is 58.0 Å². The number of aromatic nitrogens is 2. The van der Waals surface area contributed by atoms with Crippen molar-refractivity contribution in [2.24, 2.45) is 24.8 Å². The molecule has 0 spiro atoms. The van der Waals surface area contributed by atoms with Crippen molar-refractivity contribution in [3.8, 4) is 0 Å². The maximum atomic E-state index is 15.3. The molecule has 1 aromatic heterocycles. The smallest absolute Gasteiger partial charge is 0.275 e. The van der Waals surface area contributed by atoms with Crippen LogP contribution in [-0.2, 0) is 7.05 Å². The predicted molar refractivity (Wildman–Crippen MR) is 107 cm³/mol. The average molecular weight is 406 g/mol. The number of piperidine rings is 1. The Bertz CT molecular complexity index is 789. The van der Waals surface area contributed by atoms with Crippen molar-refractivity contribution in [3.05, 3.63) is 11.5 Å². The Morgan fingerprint density at radius 2 is 2.07 bits per heavy atom. The molecular formula is C21H32FN5O2. The summed E-state index contributed by atoms with van der Waals surface area (Å²) in [6.07, 6.45) is 6.55. The number of hydrogen-bond donors (Lipinski definition) is 3. The summed E-state index contributed by atoms with van der Waals surface area (Å²) < 4.78 is 16.8. The van der Waals surface area contributed by atoms with Gasteiger partial charge in [-0.1, -0.05) is 0 Å². The van der Waals surface area contributed by atoms with Crippen molar-refractivity contribution in [2.45, 2.75) is 62.6 Å². The maximum absolute atomic E-state index is 15.3. The number of amides is 1. The molecular weight excluding hydrogens is 373 g/mol. The van der Waals surface area contributed by atoms with E-state index in [4.69, 9.17) is 0 Å². The zero-order chi connectivity index (χ0) is 20.3. The number of likely N-dealkylation sites (N-methyl/N-ethyl adjacent to an activating group) is 1. The number of nitrogens with one attached hydrogen (secondary N) is 2. The van der Waals surface area contributed by atoms with Crippen LogP contribution in [0.4, 0.5) is 10.2 Å². The summed E-state index contributed by atoms with van der Waals surface area (Å²) in [6.45, 7) is 1.80. The quantitative estimate of drug-likeness (QED) is 0.706. The predicted octanol–water partition coefficient (Wildman–Crippen LogP) is 1.42. The summed E-state index contributed by atoms with van der Waals surface area (Å²) in [7, 11) is 3.57. The minimum Gasteiger partial charge on any atom is -0.390 e. The molecule has 4 saturated carbocycles. The molecule has 4 aliphatic carbocycles. The van der Waals surface area contributed by atoms with E-state index in [-0.39, 0.29) is 29.6 Å². The molecule has 1 aromatic rings. The number of hydrogen-bond acceptors (Lipinski definition) is 5. The van der Waals surface area contributed by atoms with Crippen molar-refractivity contribution in [1.29, 1.82) is 0 Å². The first-order chi connectivity index (χ1) is 13.8. The standard InChI is InChI=1S/C21H32FN5O2/c1-26(15-4-3-5-23-11-15)20-16(22)18(25-27(20)2)19(28)24-17-13-6-12-7-14(17)10-21(29,8-12)9-13/h12-15,17,23,29H,3-11H2,1-2H3,(H,24,28)/t12?,13?,14?,15-,17-,21-/m0/s1. The van der Waals surface area contributed by atoms with Gasteiger partial charge in [-0.25, -0.2) is 9.07 Å². The van der Waals surface area contributed by atoms with E-state index in [2.05, 4.69) is 15.7 Å². The third kappa shape index (κ3) is 3.24. The van der Waals surface area contributed by atoms with Crippen LogP contribution in [0, 0.1) is 23.6 Å². The van der Waals surface area contributed by atoms with Gasteiger partial charge in [0.15, 0.2) is 17.3 Å². The minimum absolute atomic E-state index is 0.0180. The van der Waals surface area contributed by atoms with Crippen molar-refractivity contribution in [2.75, 3.05) is 25.0 Å². The summed E-state index contributed by atoms with van der Waals surface area (Å²) >= 11 is 0. The molecule has 0 aromatic carbocycles. The van der Waals surface area contributed by atoms with E-state index in [1.807, 2.05) is 11.9 Å². The molecule has 5 fully saturated rings. The molecule has 7 nitrogen and oxygen atoms in total. The average Bonchev–Trinajstić information content (AvgIpc) is 2.97. The van der Waals surface area contributed by atoms with Gasteiger partial charge >= 0.3 is 0 Å². The maximum Gasteiger partial charge on any atom is 0.275 e. The second-order valence-corrected chi connectivity index (χ2v) is 9.91. The third-order valence-electron chi connectivity index (χ3n) is 7.87. The van der Waals surface area contributed by atoms with Crippen LogP contribution in [0.5, 0.6) is 0 Å². The number of halogens is 1. The SMILES string of the molecule is CN(c1c(F)c(C(=O)N[C@H]2C3CC4CC2C[C@](O)(C4)C3)nn1C)[C@H]1CCCNC1. The van der Waals surface area contributed by atoms with E-state index in [0.29, 0.717) is 11.7 Å². The van der Waals surface area contributed by atoms with Crippen LogP contribution in [0.25, 0.3) is 0 Å². The van der Waals surface area contributed by atoms with Crippen LogP contribution in [0.15, 0.2) is 0 Å². The molecule has 5 aliphatic rings. The zero-order valence-corrected chi connectivity index (χ0v) is 17.3. The zero-order valence-electron chi connectivity index (χ0n) is 17.3. The fourth-order valence-electron chi connectivity index (χ4n) is 6.79. The highest BCUT2D eigenvalue weighted by molar-refractivity contribution is 5.93. The van der Waals surface area contributed by atoms with E-state index in [1.54, 1.807) is 7.05 Å². The topological polar surface area (TPSA) is 82.4 Å². The number of nitrogens with zero attached hydrogens (tertiary/aromatic N) is 3. The van der Waals surface area contributed by atoms with E-state index < -0.39 is 17.3 Å². The fraction of sp³-hybridized carbons (Fsp3) is 0.810. The van der Waals surface area contributed by atoms with Crippen molar-refractivity contribution >= 4 is 11.7 Å². The van der Waals surface area contributed by atoms with Crippen LogP contribution in [-0.4, -0.2) is 58.6 Å². The summed E-state index contributed by atoms with van der Waals surface area (Å²) in [6, 6.07) is 0.208. The van der Waals surface area contributed by atoms with Gasteiger partial charge in [-0.15, -0.1) is 0 Å². The van der Waals surface area contributed by atoms with Gasteiger partial charge in [0.05, 0.1) is 5.60 Å². The Morgan fingerprint density at radius 3 is 2.69 bits per heavy atom. The summed E-state index contributed by atoms with van der Waals surface area (Å²) in [5, 5.41) is 21.4. The molecule has 8 heteroatoms. The molecule has 160 valence electrons. The van der Waals surface area contributed by atoms with Gasteiger partial charge in [-0.3, -0.25) is 4.79 Å². The highest BCUT2D eigenvalue weighted by atomic mass is 19.1. The van der Waals surface area contributed by atoms with Gasteiger partial charge < -0.3 is 20.6 Å². The normalized spacial score (nSPS) is 38.3. The number of rotatable bonds is 4. The first-order valence-electron chi connectivity index (χ1n) is 11.0. The van der Waals surface area contributed by atoms with Gasteiger partial charge in [0.2, 0.25) is 0 Å². The van der Waals surface area contributed by atoms with Crippen LogP contribution < -0.4 is 15.5 Å². The molecule has 2 heterocycles. The molecule has 0 radical (unpaired) electrons. The van der Waals surface area contributed by atoms with Crippen molar-refractivity contribution < 1.29 is 14.3 Å². The lowest BCUT2D eigenvalue weighted by Crippen LogP contribution is -2.61. The second-order valence-electron chi connectivity index (χ2n) is 9.91. The van der Waals surface area contributed by atoms with Crippen LogP contribution in [0.1, 0.15) is 55.4 Å². The lowest BCUT2D eigenvalue weighted by molar-refractivity contribution is -0.137. The molecule has 29 heavy (non-hydrogen) atoms. The highest BCUT2D eigenvalue weighted by Gasteiger charge is 2.55. The Kier molecular flexibility index (Phi) is 4.62. The van der Waals surface area contributed by atoms with Gasteiger partial charge in [-0.05, 0) is 69.2 Å². The number of carbonyl (C=O) groups is 1. The number of aliphatic hydroxyl groups is 1. The first kappa shape index (κ1) is 19.3. The van der Waals surface area contributed by atoms with Gasteiger partial charge in [0, 0.05) is 32.7 Å². The molecule has 6 rings (SSSR count). The molecule has 1 aliphatic heterocycles. The van der Waals surface area contributed by atoms with E-state index in [1.165, 1.54) is 4.68 Å². The first-order valence-corrected chi connectivity index (χ1v) is 11.0. The Labute approximate surface area is 171 Å². The Hall–Kier alpha value is -1.67. The van der Waals surface area contributed by atoms with Crippen molar-refractivity contribution in [1.82, 2.24) is 20.4 Å². The summed E-state index contributed by atoms with van der Waals surface area (Å²) in [4.78, 5) is 14.9. The van der Waals surface area contributed by atoms with Gasteiger partial charge in [0.1, 0.15) is 0 Å². The van der Waals surface area contributed by atoms with E-state index in [9.17, 15) is 9.90 Å². The Morgan fingerprint density at radius 1 is 1.34 bits per heavy atom. The van der Waals surface area contributed by atoms with Crippen LogP contribution in [0.2, 0.25) is 0 Å². The molecule has 4 bridgehead atoms. The monoisotopic (exact) mass is 405 g/mol. The summed E-state index contributed by atoms with van der Waals surface area (Å²) in [5.41, 5.74) is -0.664. The fourth-order valence-corrected chi connectivity index (χ4v) is 6.79. The lowest BCUT2D eigenvalue weighted by atomic mass is 9.52. The van der Waals surface area contributed by atoms with Gasteiger partial charge in [-0.2, -0.15) is 5.10 Å². The molecule has 2 unspecified atom stereocenters. The van der Waals surface area contributed by atoms with Crippen LogP contribution >= 0.6 is 0 Å². The number of anilines is 1. The minimum atomic E-state index is -0.544. The van der Waals surface area contributed by atoms with Crippen LogP contribution in [0.3, 0.4) is 0 Å². The lowest BCUT2D eigenvalue weighted by Gasteiger charge is -2.58. The molecule has 1 saturated heterocycles. The molecule has 1 amide bonds. The second kappa shape index (κ2) is 6.94. The Balaban J connectivity index is 1.33. The third-order valence-corrected chi connectivity index (χ3v) is 7.87.